The maximum absolute atomic E-state index is 13.4. The van der Waals surface area contributed by atoms with Crippen LogP contribution in [0.4, 0.5) is 10.1 Å². The van der Waals surface area contributed by atoms with E-state index < -0.39 is 0 Å². The van der Waals surface area contributed by atoms with Gasteiger partial charge in [-0.25, -0.2) is 14.4 Å². The normalized spacial score (nSPS) is 11.4. The predicted octanol–water partition coefficient (Wildman–Crippen LogP) is 4.35. The van der Waals surface area contributed by atoms with Gasteiger partial charge in [-0.15, -0.1) is 0 Å². The number of halogens is 1. The minimum Gasteiger partial charge on any atom is -0.397 e. The Hall–Kier alpha value is -4.66. The number of nitrogens with zero attached hydrogens (tertiary/aromatic N) is 5. The molecule has 6 aromatic rings. The van der Waals surface area contributed by atoms with Crippen molar-refractivity contribution < 1.29 is 4.39 Å². The number of hydrogen-bond acceptors (Lipinski definition) is 6. The molecule has 0 spiro atoms. The van der Waals surface area contributed by atoms with Crippen LogP contribution in [0, 0.1) is 5.82 Å². The third kappa shape index (κ3) is 2.95. The average Bonchev–Trinajstić information content (AvgIpc) is 3.43. The molecule has 0 aliphatic rings. The first kappa shape index (κ1) is 18.1. The van der Waals surface area contributed by atoms with Crippen molar-refractivity contribution >= 4 is 27.8 Å². The molecule has 0 unspecified atom stereocenters. The van der Waals surface area contributed by atoms with Crippen molar-refractivity contribution in [2.45, 2.75) is 0 Å². The van der Waals surface area contributed by atoms with Gasteiger partial charge in [-0.05, 0) is 42.5 Å². The molecule has 9 heteroatoms. The quantitative estimate of drug-likeness (QED) is 0.390. The molecule has 32 heavy (non-hydrogen) atoms. The smallest absolute Gasteiger partial charge is 0.159 e. The van der Waals surface area contributed by atoms with E-state index in [2.05, 4.69) is 30.1 Å². The van der Waals surface area contributed by atoms with Gasteiger partial charge in [0, 0.05) is 41.5 Å². The third-order valence-electron chi connectivity index (χ3n) is 5.25. The zero-order valence-corrected chi connectivity index (χ0v) is 16.5. The van der Waals surface area contributed by atoms with Crippen LogP contribution in [0.5, 0.6) is 0 Å². The average molecular weight is 422 g/mol. The summed E-state index contributed by atoms with van der Waals surface area (Å²) in [6, 6.07) is 11.8. The van der Waals surface area contributed by atoms with E-state index in [0.29, 0.717) is 34.1 Å². The van der Waals surface area contributed by atoms with Crippen LogP contribution in [-0.2, 0) is 0 Å². The molecular formula is C23H15FN8. The number of anilines is 1. The lowest BCUT2D eigenvalue weighted by Gasteiger charge is -2.02. The highest BCUT2D eigenvalue weighted by atomic mass is 19.1. The fourth-order valence-electron chi connectivity index (χ4n) is 3.72. The van der Waals surface area contributed by atoms with Gasteiger partial charge in [-0.2, -0.15) is 5.10 Å². The lowest BCUT2D eigenvalue weighted by molar-refractivity contribution is 0.628. The SMILES string of the molecule is Nc1cncc(-c2cnc3[nH]nc(-c4nc5c(-c6ccc(F)cc6)nccc5[nH]4)c3c2)c1. The van der Waals surface area contributed by atoms with Gasteiger partial charge < -0.3 is 10.7 Å². The number of imidazole rings is 1. The Morgan fingerprint density at radius 1 is 0.844 bits per heavy atom. The summed E-state index contributed by atoms with van der Waals surface area (Å²) in [6.45, 7) is 0. The molecule has 1 aromatic carbocycles. The van der Waals surface area contributed by atoms with Crippen molar-refractivity contribution in [1.29, 1.82) is 0 Å². The van der Waals surface area contributed by atoms with E-state index in [0.717, 1.165) is 27.6 Å². The zero-order chi connectivity index (χ0) is 21.7. The Kier molecular flexibility index (Phi) is 3.94. The Labute approximate surface area is 180 Å². The van der Waals surface area contributed by atoms with Gasteiger partial charge in [0.25, 0.3) is 0 Å². The molecular weight excluding hydrogens is 407 g/mol. The second kappa shape index (κ2) is 6.95. The Morgan fingerprint density at radius 3 is 2.53 bits per heavy atom. The van der Waals surface area contributed by atoms with Gasteiger partial charge in [0.05, 0.1) is 22.3 Å². The van der Waals surface area contributed by atoms with Gasteiger partial charge in [0.15, 0.2) is 11.5 Å². The number of hydrogen-bond donors (Lipinski definition) is 3. The highest BCUT2D eigenvalue weighted by Crippen LogP contribution is 2.31. The van der Waals surface area contributed by atoms with E-state index in [9.17, 15) is 4.39 Å². The summed E-state index contributed by atoms with van der Waals surface area (Å²) in [7, 11) is 0. The van der Waals surface area contributed by atoms with Gasteiger partial charge in [0.1, 0.15) is 17.0 Å². The van der Waals surface area contributed by atoms with Crippen molar-refractivity contribution in [3.05, 3.63) is 73.1 Å². The molecule has 0 fully saturated rings. The molecule has 0 atom stereocenters. The first-order valence-electron chi connectivity index (χ1n) is 9.82. The number of nitrogens with one attached hydrogen (secondary N) is 2. The van der Waals surface area contributed by atoms with Gasteiger partial charge in [-0.3, -0.25) is 15.1 Å². The Bertz CT molecular complexity index is 1600. The zero-order valence-electron chi connectivity index (χ0n) is 16.5. The minimum absolute atomic E-state index is 0.301. The summed E-state index contributed by atoms with van der Waals surface area (Å²) in [5, 5.41) is 8.20. The Balaban J connectivity index is 1.50. The lowest BCUT2D eigenvalue weighted by Crippen LogP contribution is -1.89. The molecule has 5 heterocycles. The van der Waals surface area contributed by atoms with Crippen LogP contribution >= 0.6 is 0 Å². The molecule has 0 bridgehead atoms. The summed E-state index contributed by atoms with van der Waals surface area (Å²) in [4.78, 5) is 21.2. The molecule has 8 nitrogen and oxygen atoms in total. The Morgan fingerprint density at radius 2 is 1.69 bits per heavy atom. The molecule has 0 amide bonds. The number of rotatable bonds is 3. The topological polar surface area (TPSA) is 122 Å². The fraction of sp³-hybridized carbons (Fsp3) is 0. The van der Waals surface area contributed by atoms with Crippen LogP contribution in [0.25, 0.3) is 56.0 Å². The minimum atomic E-state index is -0.301. The number of benzene rings is 1. The molecule has 6 rings (SSSR count). The number of aromatic amines is 2. The number of nitrogen functional groups attached to an aromatic ring is 1. The number of H-pyrrole nitrogens is 2. The van der Waals surface area contributed by atoms with E-state index in [-0.39, 0.29) is 5.82 Å². The highest BCUT2D eigenvalue weighted by molar-refractivity contribution is 5.96. The second-order valence-corrected chi connectivity index (χ2v) is 7.35. The maximum atomic E-state index is 13.4. The number of aromatic nitrogens is 7. The molecule has 0 aliphatic heterocycles. The fourth-order valence-corrected chi connectivity index (χ4v) is 3.72. The van der Waals surface area contributed by atoms with E-state index in [1.54, 1.807) is 36.9 Å². The van der Waals surface area contributed by atoms with Crippen LogP contribution in [-0.4, -0.2) is 35.1 Å². The van der Waals surface area contributed by atoms with Crippen LogP contribution in [0.2, 0.25) is 0 Å². The maximum Gasteiger partial charge on any atom is 0.159 e. The van der Waals surface area contributed by atoms with Crippen molar-refractivity contribution in [3.8, 4) is 33.9 Å². The molecule has 5 aromatic heterocycles. The van der Waals surface area contributed by atoms with Crippen LogP contribution < -0.4 is 5.73 Å². The second-order valence-electron chi connectivity index (χ2n) is 7.35. The van der Waals surface area contributed by atoms with E-state index in [1.807, 2.05) is 18.2 Å². The highest BCUT2D eigenvalue weighted by Gasteiger charge is 2.17. The predicted molar refractivity (Wildman–Crippen MR) is 120 cm³/mol. The van der Waals surface area contributed by atoms with E-state index >= 15 is 0 Å². The first-order valence-corrected chi connectivity index (χ1v) is 9.82. The largest absolute Gasteiger partial charge is 0.397 e. The molecule has 0 saturated heterocycles. The van der Waals surface area contributed by atoms with Crippen molar-refractivity contribution in [2.24, 2.45) is 0 Å². The molecule has 0 radical (unpaired) electrons. The van der Waals surface area contributed by atoms with Crippen molar-refractivity contribution in [1.82, 2.24) is 35.1 Å². The standard InChI is InChI=1S/C23H15FN8/c24-15-3-1-12(2-4-15)19-21-18(5-6-27-19)29-23(30-21)20-17-8-14(10-28-22(17)32-31-20)13-7-16(25)11-26-9-13/h1-11H,25H2,(H,29,30)(H,28,31,32). The van der Waals surface area contributed by atoms with E-state index in [1.165, 1.54) is 12.1 Å². The van der Waals surface area contributed by atoms with E-state index in [4.69, 9.17) is 10.7 Å². The summed E-state index contributed by atoms with van der Waals surface area (Å²) < 4.78 is 13.4. The molecule has 154 valence electrons. The monoisotopic (exact) mass is 422 g/mol. The number of fused-ring (bicyclic) bond motifs is 2. The summed E-state index contributed by atoms with van der Waals surface area (Å²) in [5.74, 6) is 0.276. The van der Waals surface area contributed by atoms with Gasteiger partial charge >= 0.3 is 0 Å². The summed E-state index contributed by atoms with van der Waals surface area (Å²) in [6.07, 6.45) is 6.77. The van der Waals surface area contributed by atoms with Crippen LogP contribution in [0.15, 0.2) is 67.3 Å². The van der Waals surface area contributed by atoms with Gasteiger partial charge in [-0.1, -0.05) is 0 Å². The molecule has 0 aliphatic carbocycles. The molecule has 0 saturated carbocycles. The number of pyridine rings is 3. The lowest BCUT2D eigenvalue weighted by atomic mass is 10.1. The van der Waals surface area contributed by atoms with Crippen LogP contribution in [0.3, 0.4) is 0 Å². The van der Waals surface area contributed by atoms with Crippen molar-refractivity contribution in [2.75, 3.05) is 5.73 Å². The number of nitrogens with two attached hydrogens (primary N) is 1. The summed E-state index contributed by atoms with van der Waals surface area (Å²) >= 11 is 0. The first-order chi connectivity index (χ1) is 15.7. The summed E-state index contributed by atoms with van der Waals surface area (Å²) in [5.41, 5.74) is 12.4. The van der Waals surface area contributed by atoms with Crippen LogP contribution in [0.1, 0.15) is 0 Å². The van der Waals surface area contributed by atoms with Gasteiger partial charge in [0.2, 0.25) is 0 Å². The molecule has 4 N–H and O–H groups in total. The third-order valence-corrected chi connectivity index (χ3v) is 5.25. The van der Waals surface area contributed by atoms with Crippen molar-refractivity contribution in [3.63, 3.8) is 0 Å².